The summed E-state index contributed by atoms with van der Waals surface area (Å²) in [6.45, 7) is 4.21. The molecule has 3 unspecified atom stereocenters. The Balaban J connectivity index is 3.55. The largest absolute Gasteiger partial charge is 0.394 e. The van der Waals surface area contributed by atoms with Gasteiger partial charge >= 0.3 is 0 Å². The van der Waals surface area contributed by atoms with E-state index in [9.17, 15) is 20.1 Å². The minimum absolute atomic E-state index is 0.151. The van der Waals surface area contributed by atoms with Gasteiger partial charge in [-0.05, 0) is 70.6 Å². The van der Waals surface area contributed by atoms with Crippen LogP contribution in [0.15, 0.2) is 36.5 Å². The summed E-state index contributed by atoms with van der Waals surface area (Å²) in [5, 5.41) is 33.8. The van der Waals surface area contributed by atoms with Gasteiger partial charge in [-0.2, -0.15) is 0 Å². The van der Waals surface area contributed by atoms with Crippen LogP contribution < -0.4 is 5.32 Å². The third-order valence-corrected chi connectivity index (χ3v) is 14.2. The number of aliphatic hydroxyl groups excluding tert-OH is 3. The standard InChI is InChI=1S/C62H119NO4/c1-3-5-7-9-11-13-15-17-19-21-23-25-27-29-30-31-32-33-35-37-39-41-43-45-47-49-51-53-55-57-61(66)63-59(58-64)62(67)60(65)56-54-52-50-48-46-44-42-40-38-36-34-28-26-24-22-20-18-16-14-12-10-8-6-4-2/h23,25,29-30,48,50,59-60,62,64-65,67H,3-22,24,26-28,31-47,49,51-58H2,1-2H3,(H,63,66)/b25-23-,30-29-,50-48+. The summed E-state index contributed by atoms with van der Waals surface area (Å²) in [6.07, 6.45) is 74.6. The Morgan fingerprint density at radius 2 is 0.642 bits per heavy atom. The van der Waals surface area contributed by atoms with E-state index in [-0.39, 0.29) is 12.5 Å². The zero-order valence-electron chi connectivity index (χ0n) is 45.3. The lowest BCUT2D eigenvalue weighted by Gasteiger charge is -2.26. The summed E-state index contributed by atoms with van der Waals surface area (Å²) in [6, 6.07) is -0.828. The number of aliphatic hydroxyl groups is 3. The molecule has 4 N–H and O–H groups in total. The van der Waals surface area contributed by atoms with Gasteiger partial charge in [0.05, 0.1) is 18.8 Å². The lowest BCUT2D eigenvalue weighted by atomic mass is 10.0. The number of hydrogen-bond donors (Lipinski definition) is 4. The molecule has 0 saturated carbocycles. The van der Waals surface area contributed by atoms with Gasteiger partial charge in [0.25, 0.3) is 0 Å². The summed E-state index contributed by atoms with van der Waals surface area (Å²) >= 11 is 0. The molecular formula is C62H119NO4. The highest BCUT2D eigenvalue weighted by molar-refractivity contribution is 5.76. The number of rotatable bonds is 56. The Labute approximate surface area is 419 Å². The molecule has 5 nitrogen and oxygen atoms in total. The van der Waals surface area contributed by atoms with E-state index in [1.54, 1.807) is 0 Å². The van der Waals surface area contributed by atoms with E-state index < -0.39 is 18.2 Å². The third-order valence-electron chi connectivity index (χ3n) is 14.2. The van der Waals surface area contributed by atoms with E-state index in [1.807, 2.05) is 0 Å². The van der Waals surface area contributed by atoms with E-state index in [4.69, 9.17) is 0 Å². The molecule has 0 fully saturated rings. The van der Waals surface area contributed by atoms with Crippen LogP contribution in [0.25, 0.3) is 0 Å². The minimum Gasteiger partial charge on any atom is -0.394 e. The van der Waals surface area contributed by atoms with Crippen molar-refractivity contribution in [3.63, 3.8) is 0 Å². The van der Waals surface area contributed by atoms with Gasteiger partial charge in [-0.25, -0.2) is 0 Å². The SMILES string of the molecule is CCCCCCCCCCC/C=C\C/C=C\CCCCCCCCCCCCCCCC(=O)NC(CO)C(O)C(O)CCC/C=C/CCCCCCCCCCCCCCCCCCCCC. The summed E-state index contributed by atoms with van der Waals surface area (Å²) in [7, 11) is 0. The maximum Gasteiger partial charge on any atom is 0.220 e. The molecule has 1 amide bonds. The second-order valence-corrected chi connectivity index (χ2v) is 20.9. The van der Waals surface area contributed by atoms with E-state index >= 15 is 0 Å². The topological polar surface area (TPSA) is 89.8 Å². The van der Waals surface area contributed by atoms with Crippen LogP contribution in [0.5, 0.6) is 0 Å². The number of nitrogens with one attached hydrogen (secondary N) is 1. The quantitative estimate of drug-likeness (QED) is 0.0361. The van der Waals surface area contributed by atoms with Crippen molar-refractivity contribution in [3.8, 4) is 0 Å². The number of carbonyl (C=O) groups excluding carboxylic acids is 1. The molecule has 0 heterocycles. The molecule has 0 aliphatic heterocycles. The van der Waals surface area contributed by atoms with Gasteiger partial charge in [0.1, 0.15) is 6.10 Å². The molecule has 0 aromatic heterocycles. The third kappa shape index (κ3) is 52.2. The molecule has 0 aromatic rings. The number of allylic oxidation sites excluding steroid dienone is 6. The lowest BCUT2D eigenvalue weighted by molar-refractivity contribution is -0.124. The van der Waals surface area contributed by atoms with E-state index in [1.165, 1.54) is 257 Å². The molecule has 0 aromatic carbocycles. The second kappa shape index (κ2) is 57.2. The molecule has 0 aliphatic carbocycles. The molecule has 0 rings (SSSR count). The first kappa shape index (κ1) is 65.6. The van der Waals surface area contributed by atoms with Crippen LogP contribution >= 0.6 is 0 Å². The number of hydrogen-bond acceptors (Lipinski definition) is 4. The van der Waals surface area contributed by atoms with Crippen LogP contribution in [0, 0.1) is 0 Å². The number of carbonyl (C=O) groups is 1. The van der Waals surface area contributed by atoms with Gasteiger partial charge < -0.3 is 20.6 Å². The van der Waals surface area contributed by atoms with Crippen molar-refractivity contribution in [2.24, 2.45) is 0 Å². The van der Waals surface area contributed by atoms with Crippen LogP contribution in [0.2, 0.25) is 0 Å². The molecule has 0 bridgehead atoms. The van der Waals surface area contributed by atoms with Crippen molar-refractivity contribution in [1.29, 1.82) is 0 Å². The van der Waals surface area contributed by atoms with Crippen LogP contribution in [-0.2, 0) is 4.79 Å². The Morgan fingerprint density at radius 1 is 0.373 bits per heavy atom. The zero-order valence-corrected chi connectivity index (χ0v) is 45.3. The average Bonchev–Trinajstić information content (AvgIpc) is 3.33. The molecule has 0 saturated heterocycles. The van der Waals surface area contributed by atoms with Crippen molar-refractivity contribution in [1.82, 2.24) is 5.32 Å². The van der Waals surface area contributed by atoms with Gasteiger partial charge in [-0.15, -0.1) is 0 Å². The maximum absolute atomic E-state index is 12.5. The Morgan fingerprint density at radius 3 is 0.955 bits per heavy atom. The summed E-state index contributed by atoms with van der Waals surface area (Å²) < 4.78 is 0. The Bertz CT molecular complexity index is 1040. The maximum atomic E-state index is 12.5. The van der Waals surface area contributed by atoms with Crippen molar-refractivity contribution in [3.05, 3.63) is 36.5 Å². The first-order valence-electron chi connectivity index (χ1n) is 30.3. The Kier molecular flexibility index (Phi) is 55.9. The van der Waals surface area contributed by atoms with Gasteiger partial charge in [-0.3, -0.25) is 4.79 Å². The molecule has 67 heavy (non-hydrogen) atoms. The van der Waals surface area contributed by atoms with Gasteiger partial charge in [0.15, 0.2) is 0 Å². The molecular weight excluding hydrogens is 823 g/mol. The monoisotopic (exact) mass is 942 g/mol. The average molecular weight is 943 g/mol. The summed E-state index contributed by atoms with van der Waals surface area (Å²) in [5.74, 6) is -0.151. The van der Waals surface area contributed by atoms with Crippen molar-refractivity contribution < 1.29 is 20.1 Å². The van der Waals surface area contributed by atoms with Gasteiger partial charge in [0, 0.05) is 6.42 Å². The highest BCUT2D eigenvalue weighted by atomic mass is 16.3. The first-order chi connectivity index (χ1) is 33.1. The smallest absolute Gasteiger partial charge is 0.220 e. The van der Waals surface area contributed by atoms with Gasteiger partial charge in [0.2, 0.25) is 5.91 Å². The van der Waals surface area contributed by atoms with E-state index in [0.717, 1.165) is 44.9 Å². The molecule has 3 atom stereocenters. The lowest BCUT2D eigenvalue weighted by Crippen LogP contribution is -2.50. The molecule has 0 aliphatic rings. The summed E-state index contributed by atoms with van der Waals surface area (Å²) in [5.41, 5.74) is 0. The molecule has 0 spiro atoms. The normalized spacial score (nSPS) is 13.4. The highest BCUT2D eigenvalue weighted by Crippen LogP contribution is 2.18. The number of amides is 1. The minimum atomic E-state index is -1.16. The zero-order chi connectivity index (χ0) is 48.6. The van der Waals surface area contributed by atoms with E-state index in [0.29, 0.717) is 12.8 Å². The fraction of sp³-hybridized carbons (Fsp3) is 0.887. The van der Waals surface area contributed by atoms with Crippen LogP contribution in [0.1, 0.15) is 328 Å². The van der Waals surface area contributed by atoms with Crippen molar-refractivity contribution in [2.75, 3.05) is 6.61 Å². The second-order valence-electron chi connectivity index (χ2n) is 20.9. The first-order valence-corrected chi connectivity index (χ1v) is 30.3. The predicted molar refractivity (Wildman–Crippen MR) is 296 cm³/mol. The van der Waals surface area contributed by atoms with Crippen LogP contribution in [0.4, 0.5) is 0 Å². The van der Waals surface area contributed by atoms with E-state index in [2.05, 4.69) is 55.6 Å². The van der Waals surface area contributed by atoms with Gasteiger partial charge in [-0.1, -0.05) is 288 Å². The van der Waals surface area contributed by atoms with Crippen molar-refractivity contribution in [2.45, 2.75) is 347 Å². The fourth-order valence-corrected chi connectivity index (χ4v) is 9.55. The fourth-order valence-electron chi connectivity index (χ4n) is 9.55. The van der Waals surface area contributed by atoms with Crippen molar-refractivity contribution >= 4 is 5.91 Å². The van der Waals surface area contributed by atoms with Crippen LogP contribution in [-0.4, -0.2) is 46.1 Å². The predicted octanol–water partition coefficient (Wildman–Crippen LogP) is 19.0. The molecule has 0 radical (unpaired) electrons. The van der Waals surface area contributed by atoms with Crippen LogP contribution in [0.3, 0.4) is 0 Å². The molecule has 396 valence electrons. The Hall–Kier alpha value is -1.43. The molecule has 5 heteroatoms. The summed E-state index contributed by atoms with van der Waals surface area (Å²) in [4.78, 5) is 12.5. The highest BCUT2D eigenvalue weighted by Gasteiger charge is 2.26. The number of unbranched alkanes of at least 4 members (excludes halogenated alkanes) is 42.